The smallest absolute Gasteiger partial charge is 0.220 e. The Morgan fingerprint density at radius 3 is 1.38 bits per heavy atom. The third-order valence-corrected chi connectivity index (χ3v) is 12.4. The fraction of sp³-hybridized carbons (Fsp3) is 0. The molecule has 0 fully saturated rings. The molecule has 6 heterocycles. The van der Waals surface area contributed by atoms with Gasteiger partial charge in [-0.3, -0.25) is 27.1 Å². The first-order valence-corrected chi connectivity index (χ1v) is 20.3. The standard InChI is InChI=1S/C52H32N8/c1-2-15-33(16-3-1)55-41-23-8-4-19-37(41)49-38-20-5-9-24-42(38)56(50(49)55)34-17-14-18-35(31-34)57-47-30-29-36(32-48(47)60-44-26-11-7-22-40(44)54-52(57)60)58-45-27-12-13-28-46(45)59-43-25-10-6-21-39(43)53-51(58)59/h1-32H. The van der Waals surface area contributed by atoms with Gasteiger partial charge in [-0.1, -0.05) is 97.1 Å². The van der Waals surface area contributed by atoms with Gasteiger partial charge in [-0.25, -0.2) is 9.97 Å². The van der Waals surface area contributed by atoms with E-state index in [-0.39, 0.29) is 0 Å². The van der Waals surface area contributed by atoms with Crippen molar-refractivity contribution in [3.63, 3.8) is 0 Å². The fourth-order valence-electron chi connectivity index (χ4n) is 9.96. The predicted molar refractivity (Wildman–Crippen MR) is 244 cm³/mol. The maximum atomic E-state index is 5.32. The van der Waals surface area contributed by atoms with E-state index in [9.17, 15) is 0 Å². The van der Waals surface area contributed by atoms with Gasteiger partial charge in [-0.2, -0.15) is 0 Å². The molecule has 0 bridgehead atoms. The van der Waals surface area contributed by atoms with Crippen molar-refractivity contribution >= 4 is 88.5 Å². The molecule has 0 N–H and O–H groups in total. The highest BCUT2D eigenvalue weighted by Crippen LogP contribution is 2.41. The first kappa shape index (κ1) is 31.7. The topological polar surface area (TPSA) is 54.3 Å². The highest BCUT2D eigenvalue weighted by atomic mass is 15.2. The molecule has 0 aliphatic carbocycles. The number of rotatable bonds is 4. The Morgan fingerprint density at radius 2 is 0.733 bits per heavy atom. The van der Waals surface area contributed by atoms with Gasteiger partial charge in [0, 0.05) is 27.5 Å². The van der Waals surface area contributed by atoms with Crippen molar-refractivity contribution in [2.24, 2.45) is 0 Å². The van der Waals surface area contributed by atoms with Gasteiger partial charge in [-0.15, -0.1) is 0 Å². The first-order chi connectivity index (χ1) is 29.8. The van der Waals surface area contributed by atoms with E-state index in [2.05, 4.69) is 221 Å². The molecule has 0 aliphatic heterocycles. The van der Waals surface area contributed by atoms with Gasteiger partial charge in [0.1, 0.15) is 5.65 Å². The van der Waals surface area contributed by atoms with Gasteiger partial charge < -0.3 is 0 Å². The minimum atomic E-state index is 0.857. The molecular weight excluding hydrogens is 737 g/mol. The van der Waals surface area contributed by atoms with Crippen molar-refractivity contribution in [2.75, 3.05) is 0 Å². The van der Waals surface area contributed by atoms with Crippen LogP contribution in [0.2, 0.25) is 0 Å². The highest BCUT2D eigenvalue weighted by molar-refractivity contribution is 6.22. The van der Waals surface area contributed by atoms with Crippen LogP contribution in [0.3, 0.4) is 0 Å². The zero-order valence-electron chi connectivity index (χ0n) is 32.1. The van der Waals surface area contributed by atoms with Gasteiger partial charge in [0.2, 0.25) is 11.6 Å². The van der Waals surface area contributed by atoms with E-state index in [0.717, 1.165) is 89.6 Å². The number of aromatic nitrogens is 8. The average molecular weight is 769 g/mol. The second-order valence-electron chi connectivity index (χ2n) is 15.6. The minimum Gasteiger partial charge on any atom is -0.295 e. The summed E-state index contributed by atoms with van der Waals surface area (Å²) in [7, 11) is 0. The van der Waals surface area contributed by atoms with Crippen LogP contribution in [0.1, 0.15) is 0 Å². The molecule has 8 aromatic carbocycles. The van der Waals surface area contributed by atoms with Gasteiger partial charge in [0.25, 0.3) is 0 Å². The molecule has 280 valence electrons. The molecule has 8 nitrogen and oxygen atoms in total. The van der Waals surface area contributed by atoms with Crippen molar-refractivity contribution in [3.8, 4) is 22.7 Å². The maximum Gasteiger partial charge on any atom is 0.220 e. The lowest BCUT2D eigenvalue weighted by Crippen LogP contribution is -2.03. The molecular formula is C52H32N8. The van der Waals surface area contributed by atoms with Gasteiger partial charge in [-0.05, 0) is 97.1 Å². The molecule has 14 aromatic rings. The molecule has 6 aromatic heterocycles. The van der Waals surface area contributed by atoms with Gasteiger partial charge >= 0.3 is 0 Å². The molecule has 0 spiro atoms. The van der Waals surface area contributed by atoms with E-state index >= 15 is 0 Å². The summed E-state index contributed by atoms with van der Waals surface area (Å²) in [5, 5.41) is 3.70. The monoisotopic (exact) mass is 768 g/mol. The Morgan fingerprint density at radius 1 is 0.283 bits per heavy atom. The van der Waals surface area contributed by atoms with Crippen LogP contribution in [0.25, 0.3) is 111 Å². The van der Waals surface area contributed by atoms with E-state index in [4.69, 9.17) is 9.97 Å². The molecule has 0 amide bonds. The second kappa shape index (κ2) is 11.6. The Kier molecular flexibility index (Phi) is 6.14. The Balaban J connectivity index is 1.05. The van der Waals surface area contributed by atoms with Crippen molar-refractivity contribution in [1.82, 2.24) is 37.0 Å². The molecule has 14 rings (SSSR count). The molecule has 8 heteroatoms. The van der Waals surface area contributed by atoms with Crippen LogP contribution in [-0.4, -0.2) is 37.0 Å². The lowest BCUT2D eigenvalue weighted by molar-refractivity contribution is 1.05. The third-order valence-electron chi connectivity index (χ3n) is 12.4. The Hall–Kier alpha value is -8.36. The summed E-state index contributed by atoms with van der Waals surface area (Å²) in [6.07, 6.45) is 0. The number of nitrogens with zero attached hydrogens (tertiary/aromatic N) is 8. The van der Waals surface area contributed by atoms with Gasteiger partial charge in [0.05, 0.1) is 66.5 Å². The van der Waals surface area contributed by atoms with E-state index in [1.165, 1.54) is 21.7 Å². The summed E-state index contributed by atoms with van der Waals surface area (Å²) < 4.78 is 14.0. The zero-order valence-corrected chi connectivity index (χ0v) is 32.1. The van der Waals surface area contributed by atoms with Crippen molar-refractivity contribution in [2.45, 2.75) is 0 Å². The van der Waals surface area contributed by atoms with E-state index < -0.39 is 0 Å². The second-order valence-corrected chi connectivity index (χ2v) is 15.6. The molecule has 0 unspecified atom stereocenters. The summed E-state index contributed by atoms with van der Waals surface area (Å²) in [5.41, 5.74) is 16.1. The molecule has 0 radical (unpaired) electrons. The third kappa shape index (κ3) is 4.08. The predicted octanol–water partition coefficient (Wildman–Crippen LogP) is 12.2. The number of imidazole rings is 4. The number of para-hydroxylation sites is 9. The number of hydrogen-bond acceptors (Lipinski definition) is 2. The lowest BCUT2D eigenvalue weighted by atomic mass is 10.1. The maximum absolute atomic E-state index is 5.32. The van der Waals surface area contributed by atoms with Crippen LogP contribution in [0.4, 0.5) is 0 Å². The molecule has 0 atom stereocenters. The summed E-state index contributed by atoms with van der Waals surface area (Å²) in [6.45, 7) is 0. The van der Waals surface area contributed by atoms with Gasteiger partial charge in [0.15, 0.2) is 0 Å². The zero-order chi connectivity index (χ0) is 39.1. The van der Waals surface area contributed by atoms with E-state index in [0.29, 0.717) is 0 Å². The van der Waals surface area contributed by atoms with Crippen LogP contribution >= 0.6 is 0 Å². The van der Waals surface area contributed by atoms with Crippen molar-refractivity contribution in [3.05, 3.63) is 194 Å². The molecule has 0 saturated heterocycles. The first-order valence-electron chi connectivity index (χ1n) is 20.3. The van der Waals surface area contributed by atoms with Crippen LogP contribution < -0.4 is 0 Å². The number of hydrogen-bond donors (Lipinski definition) is 0. The van der Waals surface area contributed by atoms with Crippen LogP contribution in [-0.2, 0) is 0 Å². The minimum absolute atomic E-state index is 0.857. The number of fused-ring (bicyclic) bond motifs is 15. The summed E-state index contributed by atoms with van der Waals surface area (Å²) >= 11 is 0. The van der Waals surface area contributed by atoms with E-state index in [1.807, 2.05) is 0 Å². The quantitative estimate of drug-likeness (QED) is 0.179. The Labute approximate surface area is 341 Å². The van der Waals surface area contributed by atoms with Crippen LogP contribution in [0.15, 0.2) is 194 Å². The largest absolute Gasteiger partial charge is 0.295 e. The number of benzene rings is 8. The SMILES string of the molecule is c1ccc(-n2c3ccccc3c3c4ccccc4n(-c4cccc(-n5c6ccc(-n7c8ccccc8n8c9ccccc9nc78)cc6n6c7ccccc7nc56)c4)c32)cc1. The molecule has 0 aliphatic rings. The summed E-state index contributed by atoms with van der Waals surface area (Å²) in [6, 6.07) is 69.3. The Bertz CT molecular complexity index is 4070. The molecule has 0 saturated carbocycles. The summed E-state index contributed by atoms with van der Waals surface area (Å²) in [4.78, 5) is 10.5. The van der Waals surface area contributed by atoms with E-state index in [1.54, 1.807) is 0 Å². The highest BCUT2D eigenvalue weighted by Gasteiger charge is 2.24. The van der Waals surface area contributed by atoms with Crippen LogP contribution in [0.5, 0.6) is 0 Å². The average Bonchev–Trinajstić information content (AvgIpc) is 4.13. The van der Waals surface area contributed by atoms with Crippen molar-refractivity contribution < 1.29 is 0 Å². The fourth-order valence-corrected chi connectivity index (χ4v) is 9.96. The molecule has 60 heavy (non-hydrogen) atoms. The van der Waals surface area contributed by atoms with Crippen molar-refractivity contribution in [1.29, 1.82) is 0 Å². The lowest BCUT2D eigenvalue weighted by Gasteiger charge is -2.14. The normalized spacial score (nSPS) is 12.3. The van der Waals surface area contributed by atoms with Crippen LogP contribution in [0, 0.1) is 0 Å². The summed E-state index contributed by atoms with van der Waals surface area (Å²) in [5.74, 6) is 1.74.